The molecular formula is C12H21N3O2S. The van der Waals surface area contributed by atoms with Gasteiger partial charge in [-0.3, -0.25) is 0 Å². The van der Waals surface area contributed by atoms with E-state index in [2.05, 4.69) is 17.1 Å². The SMILES string of the molecule is CCN(C)CCNc1cccc(S(C)(=O)=O)c1N. The maximum Gasteiger partial charge on any atom is 0.177 e. The van der Waals surface area contributed by atoms with Gasteiger partial charge in [0.15, 0.2) is 9.84 Å². The van der Waals surface area contributed by atoms with E-state index >= 15 is 0 Å². The highest BCUT2D eigenvalue weighted by molar-refractivity contribution is 7.90. The number of para-hydroxylation sites is 1. The lowest BCUT2D eigenvalue weighted by atomic mass is 10.2. The van der Waals surface area contributed by atoms with Gasteiger partial charge in [0.05, 0.1) is 16.3 Å². The van der Waals surface area contributed by atoms with Crippen LogP contribution in [0.25, 0.3) is 0 Å². The topological polar surface area (TPSA) is 75.4 Å². The van der Waals surface area contributed by atoms with Gasteiger partial charge in [-0.15, -0.1) is 0 Å². The molecular weight excluding hydrogens is 250 g/mol. The zero-order valence-corrected chi connectivity index (χ0v) is 11.9. The van der Waals surface area contributed by atoms with E-state index < -0.39 is 9.84 Å². The van der Waals surface area contributed by atoms with Crippen molar-refractivity contribution >= 4 is 21.2 Å². The highest BCUT2D eigenvalue weighted by Gasteiger charge is 2.13. The second kappa shape index (κ2) is 6.06. The summed E-state index contributed by atoms with van der Waals surface area (Å²) in [4.78, 5) is 2.33. The molecule has 102 valence electrons. The van der Waals surface area contributed by atoms with Gasteiger partial charge < -0.3 is 16.0 Å². The summed E-state index contributed by atoms with van der Waals surface area (Å²) in [6.07, 6.45) is 1.16. The summed E-state index contributed by atoms with van der Waals surface area (Å²) in [5, 5.41) is 3.16. The van der Waals surface area contributed by atoms with Crippen LogP contribution in [0.5, 0.6) is 0 Å². The van der Waals surface area contributed by atoms with Crippen molar-refractivity contribution in [2.45, 2.75) is 11.8 Å². The van der Waals surface area contributed by atoms with Crippen molar-refractivity contribution in [3.63, 3.8) is 0 Å². The van der Waals surface area contributed by atoms with Gasteiger partial charge in [-0.1, -0.05) is 13.0 Å². The second-order valence-electron chi connectivity index (χ2n) is 4.31. The van der Waals surface area contributed by atoms with E-state index in [1.807, 2.05) is 7.05 Å². The zero-order chi connectivity index (χ0) is 13.8. The van der Waals surface area contributed by atoms with Crippen LogP contribution in [0.3, 0.4) is 0 Å². The van der Waals surface area contributed by atoms with Crippen molar-refractivity contribution in [1.82, 2.24) is 4.90 Å². The normalized spacial score (nSPS) is 11.8. The first-order valence-corrected chi connectivity index (χ1v) is 7.76. The lowest BCUT2D eigenvalue weighted by molar-refractivity contribution is 0.367. The van der Waals surface area contributed by atoms with Gasteiger partial charge >= 0.3 is 0 Å². The monoisotopic (exact) mass is 271 g/mol. The van der Waals surface area contributed by atoms with E-state index in [1.165, 1.54) is 6.07 Å². The average molecular weight is 271 g/mol. The molecule has 0 aromatic heterocycles. The molecule has 1 aromatic carbocycles. The Labute approximate surface area is 109 Å². The summed E-state index contributed by atoms with van der Waals surface area (Å²) in [7, 11) is -1.25. The van der Waals surface area contributed by atoms with E-state index in [-0.39, 0.29) is 4.90 Å². The van der Waals surface area contributed by atoms with Crippen LogP contribution in [-0.4, -0.2) is 46.3 Å². The van der Waals surface area contributed by atoms with Crippen molar-refractivity contribution < 1.29 is 8.42 Å². The highest BCUT2D eigenvalue weighted by Crippen LogP contribution is 2.26. The molecule has 0 bridgehead atoms. The lowest BCUT2D eigenvalue weighted by Gasteiger charge is -2.16. The lowest BCUT2D eigenvalue weighted by Crippen LogP contribution is -2.25. The fraction of sp³-hybridized carbons (Fsp3) is 0.500. The van der Waals surface area contributed by atoms with Crippen LogP contribution in [0.2, 0.25) is 0 Å². The Morgan fingerprint density at radius 2 is 2.06 bits per heavy atom. The quantitative estimate of drug-likeness (QED) is 0.756. The van der Waals surface area contributed by atoms with Gasteiger partial charge in [0.25, 0.3) is 0 Å². The number of nitrogen functional groups attached to an aromatic ring is 1. The molecule has 0 aliphatic rings. The zero-order valence-electron chi connectivity index (χ0n) is 11.1. The number of likely N-dealkylation sites (N-methyl/N-ethyl adjacent to an activating group) is 1. The first-order chi connectivity index (χ1) is 8.36. The predicted molar refractivity (Wildman–Crippen MR) is 75.6 cm³/mol. The number of hydrogen-bond donors (Lipinski definition) is 2. The molecule has 0 unspecified atom stereocenters. The fourth-order valence-corrected chi connectivity index (χ4v) is 2.40. The molecule has 0 spiro atoms. The Kier molecular flexibility index (Phi) is 4.98. The van der Waals surface area contributed by atoms with Crippen LogP contribution < -0.4 is 11.1 Å². The second-order valence-corrected chi connectivity index (χ2v) is 6.30. The Morgan fingerprint density at radius 3 is 2.61 bits per heavy atom. The molecule has 5 nitrogen and oxygen atoms in total. The van der Waals surface area contributed by atoms with Gasteiger partial charge in [-0.2, -0.15) is 0 Å². The molecule has 6 heteroatoms. The molecule has 0 aliphatic heterocycles. The number of sulfone groups is 1. The largest absolute Gasteiger partial charge is 0.396 e. The number of rotatable bonds is 6. The van der Waals surface area contributed by atoms with Crippen LogP contribution in [0.4, 0.5) is 11.4 Å². The van der Waals surface area contributed by atoms with E-state index in [9.17, 15) is 8.42 Å². The molecule has 0 heterocycles. The Balaban J connectivity index is 2.79. The summed E-state index contributed by atoms with van der Waals surface area (Å²) in [5.74, 6) is 0. The smallest absolute Gasteiger partial charge is 0.177 e. The average Bonchev–Trinajstić information content (AvgIpc) is 2.29. The molecule has 3 N–H and O–H groups in total. The summed E-state index contributed by atoms with van der Waals surface area (Å²) in [6.45, 7) is 4.65. The van der Waals surface area contributed by atoms with Crippen molar-refractivity contribution in [2.24, 2.45) is 0 Å². The maximum absolute atomic E-state index is 11.5. The van der Waals surface area contributed by atoms with Gasteiger partial charge in [-0.25, -0.2) is 8.42 Å². The fourth-order valence-electron chi connectivity index (χ4n) is 1.56. The summed E-state index contributed by atoms with van der Waals surface area (Å²) < 4.78 is 23.0. The van der Waals surface area contributed by atoms with Crippen molar-refractivity contribution in [1.29, 1.82) is 0 Å². The molecule has 0 radical (unpaired) electrons. The Bertz CT molecular complexity index is 500. The van der Waals surface area contributed by atoms with Crippen molar-refractivity contribution in [3.05, 3.63) is 18.2 Å². The molecule has 0 saturated carbocycles. The third kappa shape index (κ3) is 3.89. The Hall–Kier alpha value is -1.27. The van der Waals surface area contributed by atoms with Gasteiger partial charge in [0.2, 0.25) is 0 Å². The van der Waals surface area contributed by atoms with Crippen LogP contribution in [0, 0.1) is 0 Å². The maximum atomic E-state index is 11.5. The highest BCUT2D eigenvalue weighted by atomic mass is 32.2. The van der Waals surface area contributed by atoms with Crippen LogP contribution >= 0.6 is 0 Å². The minimum atomic E-state index is -3.28. The van der Waals surface area contributed by atoms with Gasteiger partial charge in [-0.05, 0) is 25.7 Å². The predicted octanol–water partition coefficient (Wildman–Crippen LogP) is 1.04. The van der Waals surface area contributed by atoms with E-state index in [0.717, 1.165) is 25.9 Å². The van der Waals surface area contributed by atoms with Gasteiger partial charge in [0.1, 0.15) is 0 Å². The Morgan fingerprint density at radius 1 is 1.39 bits per heavy atom. The van der Waals surface area contributed by atoms with E-state index in [4.69, 9.17) is 5.73 Å². The van der Waals surface area contributed by atoms with E-state index in [0.29, 0.717) is 11.4 Å². The first-order valence-electron chi connectivity index (χ1n) is 5.87. The molecule has 18 heavy (non-hydrogen) atoms. The third-order valence-electron chi connectivity index (χ3n) is 2.81. The summed E-state index contributed by atoms with van der Waals surface area (Å²) >= 11 is 0. The molecule has 0 saturated heterocycles. The first kappa shape index (κ1) is 14.8. The minimum absolute atomic E-state index is 0.177. The molecule has 0 atom stereocenters. The number of nitrogens with one attached hydrogen (secondary N) is 1. The van der Waals surface area contributed by atoms with Crippen molar-refractivity contribution in [2.75, 3.05) is 44.0 Å². The summed E-state index contributed by atoms with van der Waals surface area (Å²) in [6, 6.07) is 5.00. The number of nitrogens with two attached hydrogens (primary N) is 1. The van der Waals surface area contributed by atoms with Crippen LogP contribution in [-0.2, 0) is 9.84 Å². The van der Waals surface area contributed by atoms with E-state index in [1.54, 1.807) is 12.1 Å². The minimum Gasteiger partial charge on any atom is -0.396 e. The molecule has 0 amide bonds. The van der Waals surface area contributed by atoms with Crippen LogP contribution in [0.15, 0.2) is 23.1 Å². The number of anilines is 2. The summed E-state index contributed by atoms with van der Waals surface area (Å²) in [5.41, 5.74) is 6.82. The number of nitrogens with zero attached hydrogens (tertiary/aromatic N) is 1. The van der Waals surface area contributed by atoms with Crippen LogP contribution in [0.1, 0.15) is 6.92 Å². The standard InChI is InChI=1S/C12H21N3O2S/c1-4-15(2)9-8-14-10-6-5-7-11(12(10)13)18(3,16)17/h5-7,14H,4,8-9,13H2,1-3H3. The third-order valence-corrected chi connectivity index (χ3v) is 3.97. The number of hydrogen-bond acceptors (Lipinski definition) is 5. The molecule has 0 aliphatic carbocycles. The van der Waals surface area contributed by atoms with Gasteiger partial charge in [0, 0.05) is 19.3 Å². The molecule has 1 aromatic rings. The number of benzene rings is 1. The molecule has 0 fully saturated rings. The molecule has 1 rings (SSSR count). The van der Waals surface area contributed by atoms with Crippen molar-refractivity contribution in [3.8, 4) is 0 Å².